The monoisotopic (exact) mass is 410 g/mol. The molecule has 3 aliphatic heterocycles. The maximum Gasteiger partial charge on any atom is 0.256 e. The zero-order valence-electron chi connectivity index (χ0n) is 17.4. The molecule has 1 unspecified atom stereocenters. The number of hydrogen-bond donors (Lipinski definition) is 1. The predicted molar refractivity (Wildman–Crippen MR) is 113 cm³/mol. The number of amides is 1. The second kappa shape index (κ2) is 8.21. The molecule has 0 radical (unpaired) electrons. The van der Waals surface area contributed by atoms with Crippen LogP contribution in [0, 0.1) is 5.41 Å². The number of aliphatic hydroxyl groups is 1. The van der Waals surface area contributed by atoms with Gasteiger partial charge in [0.2, 0.25) is 0 Å². The molecule has 1 atom stereocenters. The quantitative estimate of drug-likeness (QED) is 0.817. The molecule has 7 heteroatoms. The molecule has 160 valence electrons. The van der Waals surface area contributed by atoms with Crippen LogP contribution in [0.15, 0.2) is 30.6 Å². The van der Waals surface area contributed by atoms with Gasteiger partial charge in [0.05, 0.1) is 17.2 Å². The third-order valence-electron chi connectivity index (χ3n) is 7.20. The highest BCUT2D eigenvalue weighted by molar-refractivity contribution is 6.04. The molecule has 0 aliphatic carbocycles. The van der Waals surface area contributed by atoms with Crippen molar-refractivity contribution < 1.29 is 14.6 Å². The van der Waals surface area contributed by atoms with Crippen LogP contribution in [-0.2, 0) is 4.74 Å². The number of aromatic nitrogens is 2. The number of piperidine rings is 2. The highest BCUT2D eigenvalue weighted by Crippen LogP contribution is 2.41. The Kier molecular flexibility index (Phi) is 5.43. The molecular formula is C23H30N4O3. The largest absolute Gasteiger partial charge is 0.392 e. The Morgan fingerprint density at radius 1 is 1.13 bits per heavy atom. The lowest BCUT2D eigenvalue weighted by Gasteiger charge is -2.51. The third-order valence-corrected chi connectivity index (χ3v) is 7.20. The molecule has 5 rings (SSSR count). The van der Waals surface area contributed by atoms with Gasteiger partial charge in [0.1, 0.15) is 5.52 Å². The Labute approximate surface area is 177 Å². The van der Waals surface area contributed by atoms with E-state index < -0.39 is 0 Å². The number of ether oxygens (including phenoxy) is 1. The third kappa shape index (κ3) is 3.82. The molecule has 4 heterocycles. The molecule has 1 N–H and O–H groups in total. The van der Waals surface area contributed by atoms with E-state index in [0.29, 0.717) is 17.1 Å². The van der Waals surface area contributed by atoms with Gasteiger partial charge in [0, 0.05) is 57.8 Å². The summed E-state index contributed by atoms with van der Waals surface area (Å²) in [6.07, 6.45) is 7.83. The van der Waals surface area contributed by atoms with Gasteiger partial charge >= 0.3 is 0 Å². The molecule has 1 spiro atoms. The lowest BCUT2D eigenvalue weighted by atomic mass is 9.71. The van der Waals surface area contributed by atoms with Crippen LogP contribution < -0.4 is 0 Å². The summed E-state index contributed by atoms with van der Waals surface area (Å²) in [5.74, 6) is 0.0357. The van der Waals surface area contributed by atoms with Gasteiger partial charge in [-0.25, -0.2) is 0 Å². The van der Waals surface area contributed by atoms with Crippen molar-refractivity contribution in [2.75, 3.05) is 39.4 Å². The summed E-state index contributed by atoms with van der Waals surface area (Å²) in [6, 6.07) is 6.12. The highest BCUT2D eigenvalue weighted by Gasteiger charge is 2.44. The summed E-state index contributed by atoms with van der Waals surface area (Å²) in [5, 5.41) is 10.6. The van der Waals surface area contributed by atoms with Gasteiger partial charge < -0.3 is 14.7 Å². The highest BCUT2D eigenvalue weighted by atomic mass is 16.5. The Hall–Kier alpha value is -2.09. The molecule has 1 aromatic heterocycles. The van der Waals surface area contributed by atoms with Gasteiger partial charge in [-0.3, -0.25) is 19.7 Å². The van der Waals surface area contributed by atoms with Crippen LogP contribution in [-0.4, -0.2) is 82.3 Å². The van der Waals surface area contributed by atoms with Crippen LogP contribution in [0.1, 0.15) is 42.5 Å². The maximum atomic E-state index is 13.2. The number of para-hydroxylation sites is 1. The molecule has 3 fully saturated rings. The van der Waals surface area contributed by atoms with E-state index in [-0.39, 0.29) is 17.4 Å². The Morgan fingerprint density at radius 2 is 1.90 bits per heavy atom. The van der Waals surface area contributed by atoms with Crippen molar-refractivity contribution in [3.05, 3.63) is 36.2 Å². The van der Waals surface area contributed by atoms with Crippen LogP contribution in [0.4, 0.5) is 0 Å². The van der Waals surface area contributed by atoms with Crippen molar-refractivity contribution in [2.45, 2.75) is 44.2 Å². The van der Waals surface area contributed by atoms with E-state index in [4.69, 9.17) is 4.74 Å². The SMILES string of the molecule is O=C(c1cccc2nccnc12)N1CCC2(CC1)CC(O)CN(C1CCOCC1)C2. The van der Waals surface area contributed by atoms with Gasteiger partial charge in [0.15, 0.2) is 0 Å². The van der Waals surface area contributed by atoms with Gasteiger partial charge in [0.25, 0.3) is 5.91 Å². The lowest BCUT2D eigenvalue weighted by Crippen LogP contribution is -2.57. The smallest absolute Gasteiger partial charge is 0.256 e. The number of rotatable bonds is 2. The zero-order chi connectivity index (χ0) is 20.6. The summed E-state index contributed by atoms with van der Waals surface area (Å²) >= 11 is 0. The first kappa shape index (κ1) is 19.8. The maximum absolute atomic E-state index is 13.2. The Morgan fingerprint density at radius 3 is 2.70 bits per heavy atom. The van der Waals surface area contributed by atoms with Gasteiger partial charge in [-0.15, -0.1) is 0 Å². The normalized spacial score (nSPS) is 25.6. The molecular weight excluding hydrogens is 380 g/mol. The number of likely N-dealkylation sites (tertiary alicyclic amines) is 2. The molecule has 30 heavy (non-hydrogen) atoms. The lowest BCUT2D eigenvalue weighted by molar-refractivity contribution is -0.0695. The predicted octanol–water partition coefficient (Wildman–Crippen LogP) is 2.10. The Balaban J connectivity index is 1.28. The van der Waals surface area contributed by atoms with Crippen molar-refractivity contribution in [3.8, 4) is 0 Å². The van der Waals surface area contributed by atoms with Gasteiger partial charge in [-0.1, -0.05) is 6.07 Å². The van der Waals surface area contributed by atoms with E-state index in [1.165, 1.54) is 0 Å². The Bertz CT molecular complexity index is 901. The molecule has 3 aliphatic rings. The molecule has 2 aromatic rings. The second-order valence-electron chi connectivity index (χ2n) is 9.15. The number of aliphatic hydroxyl groups excluding tert-OH is 1. The van der Waals surface area contributed by atoms with Crippen molar-refractivity contribution in [1.29, 1.82) is 0 Å². The minimum atomic E-state index is -0.280. The van der Waals surface area contributed by atoms with E-state index in [1.807, 2.05) is 23.1 Å². The van der Waals surface area contributed by atoms with Crippen LogP contribution >= 0.6 is 0 Å². The number of fused-ring (bicyclic) bond motifs is 1. The van der Waals surface area contributed by atoms with Crippen LogP contribution in [0.2, 0.25) is 0 Å². The van der Waals surface area contributed by atoms with Crippen molar-refractivity contribution >= 4 is 16.9 Å². The fourth-order valence-electron chi connectivity index (χ4n) is 5.61. The van der Waals surface area contributed by atoms with Crippen LogP contribution in [0.25, 0.3) is 11.0 Å². The molecule has 3 saturated heterocycles. The number of carbonyl (C=O) groups is 1. The molecule has 1 amide bonds. The van der Waals surface area contributed by atoms with Crippen molar-refractivity contribution in [2.24, 2.45) is 5.41 Å². The minimum absolute atomic E-state index is 0.0357. The molecule has 0 saturated carbocycles. The average molecular weight is 411 g/mol. The zero-order valence-corrected chi connectivity index (χ0v) is 17.4. The number of benzene rings is 1. The average Bonchev–Trinajstić information content (AvgIpc) is 2.79. The van der Waals surface area contributed by atoms with Gasteiger partial charge in [-0.2, -0.15) is 0 Å². The summed E-state index contributed by atoms with van der Waals surface area (Å²) in [7, 11) is 0. The topological polar surface area (TPSA) is 78.8 Å². The van der Waals surface area contributed by atoms with E-state index >= 15 is 0 Å². The summed E-state index contributed by atoms with van der Waals surface area (Å²) in [4.78, 5) is 26.4. The molecule has 0 bridgehead atoms. The number of hydrogen-bond acceptors (Lipinski definition) is 6. The molecule has 1 aromatic carbocycles. The fourth-order valence-corrected chi connectivity index (χ4v) is 5.61. The standard InChI is InChI=1S/C23H30N4O3/c28-18-14-23(16-27(15-18)17-4-12-30-13-5-17)6-10-26(11-7-23)22(29)19-2-1-3-20-21(19)25-9-8-24-20/h1-3,8-9,17-18,28H,4-7,10-16H2. The fraction of sp³-hybridized carbons (Fsp3) is 0.609. The van der Waals surface area contributed by atoms with Crippen LogP contribution in [0.5, 0.6) is 0 Å². The van der Waals surface area contributed by atoms with E-state index in [0.717, 1.165) is 77.0 Å². The van der Waals surface area contributed by atoms with E-state index in [9.17, 15) is 9.90 Å². The van der Waals surface area contributed by atoms with E-state index in [2.05, 4.69) is 14.9 Å². The summed E-state index contributed by atoms with van der Waals surface area (Å²) in [6.45, 7) is 4.88. The number of β-amino-alcohol motifs (C(OH)–C–C–N with tert-alkyl or cyclic N) is 1. The first-order valence-electron chi connectivity index (χ1n) is 11.1. The number of nitrogens with zero attached hydrogens (tertiary/aromatic N) is 4. The van der Waals surface area contributed by atoms with Gasteiger partial charge in [-0.05, 0) is 49.7 Å². The van der Waals surface area contributed by atoms with Crippen LogP contribution in [0.3, 0.4) is 0 Å². The minimum Gasteiger partial charge on any atom is -0.392 e. The molecule has 7 nitrogen and oxygen atoms in total. The summed E-state index contributed by atoms with van der Waals surface area (Å²) < 4.78 is 5.52. The second-order valence-corrected chi connectivity index (χ2v) is 9.15. The first-order valence-corrected chi connectivity index (χ1v) is 11.1. The summed E-state index contributed by atoms with van der Waals surface area (Å²) in [5.41, 5.74) is 2.15. The van der Waals surface area contributed by atoms with E-state index in [1.54, 1.807) is 12.4 Å². The van der Waals surface area contributed by atoms with Crippen molar-refractivity contribution in [3.63, 3.8) is 0 Å². The first-order chi connectivity index (χ1) is 14.6. The van der Waals surface area contributed by atoms with Crippen molar-refractivity contribution in [1.82, 2.24) is 19.8 Å². The number of carbonyl (C=O) groups excluding carboxylic acids is 1.